The molecule has 1 atom stereocenters. The normalized spacial score (nSPS) is 21.3. The molecule has 0 bridgehead atoms. The average molecular weight is 229 g/mol. The summed E-state index contributed by atoms with van der Waals surface area (Å²) in [6, 6.07) is 5.50. The molecule has 88 valence electrons. The van der Waals surface area contributed by atoms with E-state index in [1.807, 2.05) is 0 Å². The molecule has 0 aromatic heterocycles. The predicted octanol–water partition coefficient (Wildman–Crippen LogP) is 2.86. The lowest BCUT2D eigenvalue weighted by Gasteiger charge is -2.10. The van der Waals surface area contributed by atoms with Crippen LogP contribution in [0.25, 0.3) is 0 Å². The second-order valence-corrected chi connectivity index (χ2v) is 4.26. The quantitative estimate of drug-likeness (QED) is 0.822. The molecule has 0 unspecified atom stereocenters. The zero-order valence-corrected chi connectivity index (χ0v) is 8.85. The Hall–Kier alpha value is -1.03. The summed E-state index contributed by atoms with van der Waals surface area (Å²) in [6.07, 6.45) is -2.25. The van der Waals surface area contributed by atoms with Gasteiger partial charge in [-0.1, -0.05) is 12.1 Å². The second-order valence-electron chi connectivity index (χ2n) is 4.26. The molecular weight excluding hydrogens is 215 g/mol. The minimum atomic E-state index is -4.23. The highest BCUT2D eigenvalue weighted by Gasteiger charge is 2.30. The van der Waals surface area contributed by atoms with Gasteiger partial charge in [-0.25, -0.2) is 0 Å². The highest BCUT2D eigenvalue weighted by Crippen LogP contribution is 2.29. The molecule has 1 aromatic rings. The number of benzene rings is 1. The smallest absolute Gasteiger partial charge is 0.316 e. The fraction of sp³-hybridized carbons (Fsp3) is 0.500. The van der Waals surface area contributed by atoms with Crippen molar-refractivity contribution in [1.29, 1.82) is 0 Å². The third-order valence-corrected chi connectivity index (χ3v) is 2.97. The minimum Gasteiger partial charge on any atom is -0.316 e. The van der Waals surface area contributed by atoms with E-state index in [1.54, 1.807) is 12.1 Å². The number of hydrogen-bond donors (Lipinski definition) is 1. The van der Waals surface area contributed by atoms with Gasteiger partial charge < -0.3 is 5.32 Å². The monoisotopic (exact) mass is 229 g/mol. The molecule has 1 aliphatic rings. The molecule has 16 heavy (non-hydrogen) atoms. The largest absolute Gasteiger partial charge is 0.416 e. The first-order valence-corrected chi connectivity index (χ1v) is 5.42. The van der Waals surface area contributed by atoms with Gasteiger partial charge in [0.25, 0.3) is 0 Å². The summed E-state index contributed by atoms with van der Waals surface area (Å²) < 4.78 is 36.9. The molecule has 1 aromatic carbocycles. The van der Waals surface area contributed by atoms with Crippen molar-refractivity contribution in [2.24, 2.45) is 5.92 Å². The van der Waals surface area contributed by atoms with Gasteiger partial charge in [-0.2, -0.15) is 13.2 Å². The van der Waals surface area contributed by atoms with Crippen molar-refractivity contribution in [3.63, 3.8) is 0 Å². The van der Waals surface area contributed by atoms with E-state index in [0.29, 0.717) is 5.92 Å². The molecule has 1 fully saturated rings. The van der Waals surface area contributed by atoms with Crippen molar-refractivity contribution >= 4 is 0 Å². The Bertz CT molecular complexity index is 336. The molecule has 0 aliphatic carbocycles. The summed E-state index contributed by atoms with van der Waals surface area (Å²) in [5.74, 6) is 0.566. The summed E-state index contributed by atoms with van der Waals surface area (Å²) in [7, 11) is 0. The molecule has 0 radical (unpaired) electrons. The van der Waals surface area contributed by atoms with Crippen molar-refractivity contribution in [2.75, 3.05) is 13.1 Å². The van der Waals surface area contributed by atoms with Crippen LogP contribution in [0.3, 0.4) is 0 Å². The lowest BCUT2D eigenvalue weighted by molar-refractivity contribution is -0.137. The lowest BCUT2D eigenvalue weighted by atomic mass is 9.98. The van der Waals surface area contributed by atoms with Crippen molar-refractivity contribution < 1.29 is 13.2 Å². The van der Waals surface area contributed by atoms with E-state index in [2.05, 4.69) is 5.32 Å². The molecular formula is C12H14F3N. The van der Waals surface area contributed by atoms with Crippen LogP contribution < -0.4 is 5.32 Å². The van der Waals surface area contributed by atoms with Crippen LogP contribution in [0.1, 0.15) is 17.5 Å². The summed E-state index contributed by atoms with van der Waals surface area (Å²) in [4.78, 5) is 0. The maximum Gasteiger partial charge on any atom is 0.416 e. The highest BCUT2D eigenvalue weighted by atomic mass is 19.4. The van der Waals surface area contributed by atoms with Crippen LogP contribution in [0, 0.1) is 5.92 Å². The molecule has 2 rings (SSSR count). The van der Waals surface area contributed by atoms with Gasteiger partial charge in [-0.15, -0.1) is 0 Å². The fourth-order valence-corrected chi connectivity index (χ4v) is 2.05. The van der Waals surface area contributed by atoms with Crippen LogP contribution >= 0.6 is 0 Å². The molecule has 1 nitrogen and oxygen atoms in total. The predicted molar refractivity (Wildman–Crippen MR) is 56.1 cm³/mol. The van der Waals surface area contributed by atoms with Gasteiger partial charge in [0.1, 0.15) is 0 Å². The summed E-state index contributed by atoms with van der Waals surface area (Å²) in [6.45, 7) is 1.99. The average Bonchev–Trinajstić information content (AvgIpc) is 2.70. The first-order valence-electron chi connectivity index (χ1n) is 5.42. The molecule has 0 spiro atoms. The van der Waals surface area contributed by atoms with Crippen LogP contribution in [-0.4, -0.2) is 13.1 Å². The van der Waals surface area contributed by atoms with Gasteiger partial charge >= 0.3 is 6.18 Å². The van der Waals surface area contributed by atoms with E-state index < -0.39 is 11.7 Å². The Morgan fingerprint density at radius 1 is 1.19 bits per heavy atom. The summed E-state index contributed by atoms with van der Waals surface area (Å²) >= 11 is 0. The van der Waals surface area contributed by atoms with E-state index in [9.17, 15) is 13.2 Å². The molecule has 4 heteroatoms. The molecule has 1 aliphatic heterocycles. The first-order chi connectivity index (χ1) is 7.55. The maximum absolute atomic E-state index is 12.3. The van der Waals surface area contributed by atoms with Gasteiger partial charge in [-0.3, -0.25) is 0 Å². The van der Waals surface area contributed by atoms with E-state index in [4.69, 9.17) is 0 Å². The first kappa shape index (κ1) is 11.5. The molecule has 0 saturated carbocycles. The zero-order valence-electron chi connectivity index (χ0n) is 8.85. The SMILES string of the molecule is FC(F)(F)c1ccc(C[C@H]2CCNC2)cc1. The van der Waals surface area contributed by atoms with Gasteiger partial charge in [0.15, 0.2) is 0 Å². The van der Waals surface area contributed by atoms with Crippen molar-refractivity contribution in [3.8, 4) is 0 Å². The van der Waals surface area contributed by atoms with E-state index in [-0.39, 0.29) is 0 Å². The third kappa shape index (κ3) is 2.76. The van der Waals surface area contributed by atoms with Gasteiger partial charge in [0.2, 0.25) is 0 Å². The van der Waals surface area contributed by atoms with Crippen LogP contribution in [0.5, 0.6) is 0 Å². The van der Waals surface area contributed by atoms with Gasteiger partial charge in [0, 0.05) is 0 Å². The van der Waals surface area contributed by atoms with Gasteiger partial charge in [-0.05, 0) is 49.5 Å². The van der Waals surface area contributed by atoms with Crippen LogP contribution in [0.4, 0.5) is 13.2 Å². The third-order valence-electron chi connectivity index (χ3n) is 2.97. The Morgan fingerprint density at radius 3 is 2.38 bits per heavy atom. The topological polar surface area (TPSA) is 12.0 Å². The minimum absolute atomic E-state index is 0.566. The van der Waals surface area contributed by atoms with E-state index in [0.717, 1.165) is 43.6 Å². The number of rotatable bonds is 2. The molecule has 0 amide bonds. The zero-order chi connectivity index (χ0) is 11.6. The van der Waals surface area contributed by atoms with Crippen LogP contribution in [0.15, 0.2) is 24.3 Å². The fourth-order valence-electron chi connectivity index (χ4n) is 2.05. The van der Waals surface area contributed by atoms with Gasteiger partial charge in [0.05, 0.1) is 5.56 Å². The number of hydrogen-bond acceptors (Lipinski definition) is 1. The van der Waals surface area contributed by atoms with Crippen molar-refractivity contribution in [3.05, 3.63) is 35.4 Å². The van der Waals surface area contributed by atoms with E-state index >= 15 is 0 Å². The van der Waals surface area contributed by atoms with Crippen molar-refractivity contribution in [1.82, 2.24) is 5.32 Å². The Balaban J connectivity index is 2.01. The summed E-state index contributed by atoms with van der Waals surface area (Å²) in [5.41, 5.74) is 0.419. The Labute approximate surface area is 92.7 Å². The Kier molecular flexibility index (Phi) is 3.19. The maximum atomic E-state index is 12.3. The standard InChI is InChI=1S/C12H14F3N/c13-12(14,15)11-3-1-9(2-4-11)7-10-5-6-16-8-10/h1-4,10,16H,5-8H2/t10-/m1/s1. The number of alkyl halides is 3. The van der Waals surface area contributed by atoms with E-state index in [1.165, 1.54) is 0 Å². The molecule has 1 heterocycles. The Morgan fingerprint density at radius 2 is 1.88 bits per heavy atom. The molecule has 1 saturated heterocycles. The van der Waals surface area contributed by atoms with Crippen LogP contribution in [-0.2, 0) is 12.6 Å². The van der Waals surface area contributed by atoms with Crippen molar-refractivity contribution in [2.45, 2.75) is 19.0 Å². The number of nitrogens with one attached hydrogen (secondary N) is 1. The van der Waals surface area contributed by atoms with Crippen LogP contribution in [0.2, 0.25) is 0 Å². The summed E-state index contributed by atoms with van der Waals surface area (Å²) in [5, 5.41) is 3.25. The second kappa shape index (κ2) is 4.45. The highest BCUT2D eigenvalue weighted by molar-refractivity contribution is 5.25. The molecule has 1 N–H and O–H groups in total. The number of halogens is 3. The lowest BCUT2D eigenvalue weighted by Crippen LogP contribution is -2.11.